The van der Waals surface area contributed by atoms with Crippen LogP contribution in [0.3, 0.4) is 0 Å². The first kappa shape index (κ1) is 16.7. The number of aromatic nitrogens is 2. The van der Waals surface area contributed by atoms with E-state index < -0.39 is 0 Å². The zero-order chi connectivity index (χ0) is 17.9. The Labute approximate surface area is 154 Å². The monoisotopic (exact) mass is 347 g/mol. The van der Waals surface area contributed by atoms with Gasteiger partial charge in [0.25, 0.3) is 0 Å². The predicted molar refractivity (Wildman–Crippen MR) is 106 cm³/mol. The van der Waals surface area contributed by atoms with Gasteiger partial charge in [0, 0.05) is 12.1 Å². The highest BCUT2D eigenvalue weighted by Crippen LogP contribution is 2.30. The van der Waals surface area contributed by atoms with Gasteiger partial charge in [0.15, 0.2) is 0 Å². The molecule has 1 N–H and O–H groups in total. The smallest absolute Gasteiger partial charge is 0.133 e. The van der Waals surface area contributed by atoms with Gasteiger partial charge in [-0.05, 0) is 55.0 Å². The standard InChI is InChI=1S/C22H25N3O/c1-3-17-6-4-5-7-21(17)25-22-19(14-15-23-22)20(24-25)13-10-16-8-11-18(26-2)12-9-16/h4-9,11-12,23H,3,10,13-15H2,1-2H3. The van der Waals surface area contributed by atoms with E-state index in [4.69, 9.17) is 9.84 Å². The van der Waals surface area contributed by atoms with E-state index in [9.17, 15) is 0 Å². The van der Waals surface area contributed by atoms with Crippen molar-refractivity contribution in [2.45, 2.75) is 32.6 Å². The number of hydrogen-bond acceptors (Lipinski definition) is 3. The van der Waals surface area contributed by atoms with Crippen LogP contribution in [0.2, 0.25) is 0 Å². The SMILES string of the molecule is CCc1ccccc1-n1nc(CCc2ccc(OC)cc2)c2c1NCC2. The topological polar surface area (TPSA) is 39.1 Å². The van der Waals surface area contributed by atoms with Gasteiger partial charge in [0.2, 0.25) is 0 Å². The lowest BCUT2D eigenvalue weighted by atomic mass is 10.1. The van der Waals surface area contributed by atoms with Crippen LogP contribution in [0.25, 0.3) is 5.69 Å². The molecule has 2 heterocycles. The average Bonchev–Trinajstić information content (AvgIpc) is 3.30. The first-order chi connectivity index (χ1) is 12.8. The van der Waals surface area contributed by atoms with Crippen LogP contribution in [0.15, 0.2) is 48.5 Å². The van der Waals surface area contributed by atoms with Gasteiger partial charge in [-0.25, -0.2) is 4.68 Å². The Bertz CT molecular complexity index is 896. The normalized spacial score (nSPS) is 12.7. The van der Waals surface area contributed by atoms with Crippen LogP contribution in [0, 0.1) is 0 Å². The lowest BCUT2D eigenvalue weighted by Gasteiger charge is -2.10. The molecule has 0 fully saturated rings. The van der Waals surface area contributed by atoms with Crippen LogP contribution in [0.1, 0.15) is 29.3 Å². The maximum Gasteiger partial charge on any atom is 0.133 e. The van der Waals surface area contributed by atoms with Crippen LogP contribution >= 0.6 is 0 Å². The number of rotatable bonds is 6. The Morgan fingerprint density at radius 2 is 1.88 bits per heavy atom. The third kappa shape index (κ3) is 3.07. The molecule has 0 saturated heterocycles. The quantitative estimate of drug-likeness (QED) is 0.726. The van der Waals surface area contributed by atoms with Gasteiger partial charge in [0.1, 0.15) is 11.6 Å². The summed E-state index contributed by atoms with van der Waals surface area (Å²) in [6, 6.07) is 16.9. The molecule has 0 amide bonds. The minimum Gasteiger partial charge on any atom is -0.497 e. The molecule has 0 unspecified atom stereocenters. The second-order valence-corrected chi connectivity index (χ2v) is 6.69. The molecule has 0 radical (unpaired) electrons. The molecule has 4 nitrogen and oxygen atoms in total. The number of aryl methyl sites for hydroxylation is 3. The summed E-state index contributed by atoms with van der Waals surface area (Å²) in [7, 11) is 1.70. The average molecular weight is 347 g/mol. The van der Waals surface area contributed by atoms with Gasteiger partial charge < -0.3 is 10.1 Å². The summed E-state index contributed by atoms with van der Waals surface area (Å²) in [6.45, 7) is 3.19. The van der Waals surface area contributed by atoms with Crippen molar-refractivity contribution in [1.29, 1.82) is 0 Å². The Hall–Kier alpha value is -2.75. The van der Waals surface area contributed by atoms with E-state index in [1.54, 1.807) is 7.11 Å². The third-order valence-corrected chi connectivity index (χ3v) is 5.14. The molecule has 134 valence electrons. The number of hydrogen-bond donors (Lipinski definition) is 1. The second kappa shape index (κ2) is 7.24. The van der Waals surface area contributed by atoms with Gasteiger partial charge in [-0.1, -0.05) is 37.3 Å². The van der Waals surface area contributed by atoms with Gasteiger partial charge in [-0.3, -0.25) is 0 Å². The van der Waals surface area contributed by atoms with Gasteiger partial charge in [-0.15, -0.1) is 0 Å². The van der Waals surface area contributed by atoms with E-state index in [2.05, 4.69) is 53.3 Å². The molecule has 0 aliphatic carbocycles. The molecule has 1 aliphatic heterocycles. The van der Waals surface area contributed by atoms with Crippen LogP contribution in [-0.4, -0.2) is 23.4 Å². The van der Waals surface area contributed by atoms with Crippen molar-refractivity contribution in [2.24, 2.45) is 0 Å². The van der Waals surface area contributed by atoms with Gasteiger partial charge in [-0.2, -0.15) is 5.10 Å². The highest BCUT2D eigenvalue weighted by Gasteiger charge is 2.23. The summed E-state index contributed by atoms with van der Waals surface area (Å²) in [5.74, 6) is 2.08. The molecule has 0 saturated carbocycles. The van der Waals surface area contributed by atoms with Crippen LogP contribution in [0.5, 0.6) is 5.75 Å². The van der Waals surface area contributed by atoms with Crippen LogP contribution in [-0.2, 0) is 25.7 Å². The van der Waals surface area contributed by atoms with Gasteiger partial charge >= 0.3 is 0 Å². The Kier molecular flexibility index (Phi) is 4.65. The summed E-state index contributed by atoms with van der Waals surface area (Å²) in [5, 5.41) is 8.53. The minimum absolute atomic E-state index is 0.902. The Balaban J connectivity index is 1.61. The number of nitrogens with zero attached hydrogens (tertiary/aromatic N) is 2. The van der Waals surface area contributed by atoms with Crippen molar-refractivity contribution in [1.82, 2.24) is 9.78 Å². The van der Waals surface area contributed by atoms with Crippen molar-refractivity contribution >= 4 is 5.82 Å². The second-order valence-electron chi connectivity index (χ2n) is 6.69. The highest BCUT2D eigenvalue weighted by molar-refractivity contribution is 5.58. The summed E-state index contributed by atoms with van der Waals surface area (Å²) in [4.78, 5) is 0. The van der Waals surface area contributed by atoms with Crippen molar-refractivity contribution in [2.75, 3.05) is 19.0 Å². The molecule has 0 atom stereocenters. The van der Waals surface area contributed by atoms with E-state index in [1.807, 2.05) is 12.1 Å². The number of nitrogens with one attached hydrogen (secondary N) is 1. The third-order valence-electron chi connectivity index (χ3n) is 5.14. The summed E-state index contributed by atoms with van der Waals surface area (Å²) >= 11 is 0. The van der Waals surface area contributed by atoms with E-state index in [-0.39, 0.29) is 0 Å². The zero-order valence-electron chi connectivity index (χ0n) is 15.5. The zero-order valence-corrected chi connectivity index (χ0v) is 15.5. The van der Waals surface area contributed by atoms with Crippen molar-refractivity contribution in [3.8, 4) is 11.4 Å². The van der Waals surface area contributed by atoms with Crippen LogP contribution < -0.4 is 10.1 Å². The molecule has 0 bridgehead atoms. The summed E-state index contributed by atoms with van der Waals surface area (Å²) < 4.78 is 7.36. The largest absolute Gasteiger partial charge is 0.497 e. The molecular weight excluding hydrogens is 322 g/mol. The fourth-order valence-corrected chi connectivity index (χ4v) is 3.69. The predicted octanol–water partition coefficient (Wildman–Crippen LogP) is 4.20. The van der Waals surface area contributed by atoms with E-state index in [0.717, 1.165) is 38.0 Å². The number of ether oxygens (including phenoxy) is 1. The Morgan fingerprint density at radius 1 is 1.08 bits per heavy atom. The lowest BCUT2D eigenvalue weighted by Crippen LogP contribution is -2.07. The molecule has 0 spiro atoms. The number of methoxy groups -OCH3 is 1. The van der Waals surface area contributed by atoms with Crippen molar-refractivity contribution < 1.29 is 4.74 Å². The van der Waals surface area contributed by atoms with Crippen molar-refractivity contribution in [3.63, 3.8) is 0 Å². The number of anilines is 1. The molecule has 4 heteroatoms. The molecule has 1 aliphatic rings. The molecule has 2 aromatic carbocycles. The van der Waals surface area contributed by atoms with E-state index >= 15 is 0 Å². The molecular formula is C22H25N3O. The first-order valence-corrected chi connectivity index (χ1v) is 9.36. The lowest BCUT2D eigenvalue weighted by molar-refractivity contribution is 0.414. The number of para-hydroxylation sites is 1. The van der Waals surface area contributed by atoms with E-state index in [0.29, 0.717) is 0 Å². The maximum absolute atomic E-state index is 5.24. The summed E-state index contributed by atoms with van der Waals surface area (Å²) in [5.41, 5.74) is 6.43. The molecule has 1 aromatic heterocycles. The summed E-state index contributed by atoms with van der Waals surface area (Å²) in [6.07, 6.45) is 4.01. The Morgan fingerprint density at radius 3 is 2.65 bits per heavy atom. The molecule has 26 heavy (non-hydrogen) atoms. The van der Waals surface area contributed by atoms with Gasteiger partial charge in [0.05, 0.1) is 18.5 Å². The van der Waals surface area contributed by atoms with Crippen LogP contribution in [0.4, 0.5) is 5.82 Å². The number of fused-ring (bicyclic) bond motifs is 1. The highest BCUT2D eigenvalue weighted by atomic mass is 16.5. The molecule has 3 aromatic rings. The van der Waals surface area contributed by atoms with E-state index in [1.165, 1.54) is 33.9 Å². The fraction of sp³-hybridized carbons (Fsp3) is 0.318. The maximum atomic E-state index is 5.24. The molecule has 4 rings (SSSR count). The first-order valence-electron chi connectivity index (χ1n) is 9.36. The van der Waals surface area contributed by atoms with Crippen molar-refractivity contribution in [3.05, 3.63) is 70.9 Å². The number of benzene rings is 2. The fourth-order valence-electron chi connectivity index (χ4n) is 3.69. The minimum atomic E-state index is 0.902.